The van der Waals surface area contributed by atoms with Crippen LogP contribution in [-0.2, 0) is 24.4 Å². The van der Waals surface area contributed by atoms with Gasteiger partial charge in [0.2, 0.25) is 5.91 Å². The van der Waals surface area contributed by atoms with Crippen molar-refractivity contribution in [1.82, 2.24) is 19.7 Å². The van der Waals surface area contributed by atoms with Crippen molar-refractivity contribution in [3.63, 3.8) is 0 Å². The molecule has 1 aliphatic heterocycles. The molecule has 30 heavy (non-hydrogen) atoms. The third-order valence-electron chi connectivity index (χ3n) is 4.74. The van der Waals surface area contributed by atoms with Crippen LogP contribution < -0.4 is 20.6 Å². The van der Waals surface area contributed by atoms with Gasteiger partial charge in [-0.3, -0.25) is 9.69 Å². The molecule has 0 saturated carbocycles. The first-order valence-corrected chi connectivity index (χ1v) is 9.50. The van der Waals surface area contributed by atoms with Gasteiger partial charge in [0.05, 0.1) is 13.7 Å². The average molecular weight is 428 g/mol. The number of benzene rings is 2. The molecular weight excluding hydrogens is 410 g/mol. The first-order valence-electron chi connectivity index (χ1n) is 9.12. The van der Waals surface area contributed by atoms with Crippen molar-refractivity contribution in [1.29, 1.82) is 0 Å². The Hall–Kier alpha value is -3.59. The summed E-state index contributed by atoms with van der Waals surface area (Å²) in [5.41, 5.74) is 0.764. The van der Waals surface area contributed by atoms with E-state index in [4.69, 9.17) is 16.3 Å². The van der Waals surface area contributed by atoms with Crippen LogP contribution in [0.4, 0.5) is 10.5 Å². The number of halogens is 1. The van der Waals surface area contributed by atoms with Gasteiger partial charge in [-0.2, -0.15) is 9.67 Å². The van der Waals surface area contributed by atoms with Crippen LogP contribution in [0.25, 0.3) is 0 Å². The fourth-order valence-corrected chi connectivity index (χ4v) is 3.40. The Balaban J connectivity index is 1.49. The Kier molecular flexibility index (Phi) is 5.28. The van der Waals surface area contributed by atoms with Gasteiger partial charge >= 0.3 is 11.7 Å². The molecule has 2 aromatic carbocycles. The van der Waals surface area contributed by atoms with Crippen LogP contribution in [-0.4, -0.2) is 33.4 Å². The van der Waals surface area contributed by atoms with Crippen molar-refractivity contribution in [3.05, 3.63) is 75.4 Å². The minimum atomic E-state index is -0.651. The van der Waals surface area contributed by atoms with Gasteiger partial charge in [-0.15, -0.1) is 0 Å². The second-order valence-electron chi connectivity index (χ2n) is 6.61. The van der Waals surface area contributed by atoms with Gasteiger partial charge < -0.3 is 10.1 Å². The zero-order chi connectivity index (χ0) is 21.3. The molecule has 1 aliphatic rings. The molecule has 9 nitrogen and oxygen atoms in total. The molecule has 154 valence electrons. The zero-order valence-electron chi connectivity index (χ0n) is 16.0. The van der Waals surface area contributed by atoms with Gasteiger partial charge in [0.15, 0.2) is 5.82 Å². The number of amides is 2. The van der Waals surface area contributed by atoms with Gasteiger partial charge in [0.1, 0.15) is 12.3 Å². The lowest BCUT2D eigenvalue weighted by Gasteiger charge is -2.16. The van der Waals surface area contributed by atoms with Gasteiger partial charge in [-0.25, -0.2) is 14.3 Å². The lowest BCUT2D eigenvalue weighted by Crippen LogP contribution is -2.38. The Bertz CT molecular complexity index is 1170. The second kappa shape index (κ2) is 8.03. The smallest absolute Gasteiger partial charge is 0.365 e. The number of nitrogens with one attached hydrogen (secondary N) is 1. The molecule has 0 aliphatic carbocycles. The maximum Gasteiger partial charge on any atom is 0.365 e. The number of anilines is 1. The number of hydrogen-bond donors (Lipinski definition) is 1. The van der Waals surface area contributed by atoms with Crippen LogP contribution in [0.3, 0.4) is 0 Å². The molecular formula is C20H18ClN5O4. The summed E-state index contributed by atoms with van der Waals surface area (Å²) in [7, 11) is 1.55. The molecule has 4 rings (SSSR count). The molecule has 1 N–H and O–H groups in total. The lowest BCUT2D eigenvalue weighted by atomic mass is 10.2. The Labute approximate surface area is 176 Å². The van der Waals surface area contributed by atoms with E-state index in [1.54, 1.807) is 37.4 Å². The summed E-state index contributed by atoms with van der Waals surface area (Å²) in [5, 5.41) is 3.28. The van der Waals surface area contributed by atoms with E-state index in [1.807, 2.05) is 18.2 Å². The summed E-state index contributed by atoms with van der Waals surface area (Å²) in [6, 6.07) is 13.6. The van der Waals surface area contributed by atoms with E-state index >= 15 is 0 Å². The summed E-state index contributed by atoms with van der Waals surface area (Å²) < 4.78 is 7.43. The van der Waals surface area contributed by atoms with E-state index in [0.29, 0.717) is 16.5 Å². The molecule has 0 saturated heterocycles. The van der Waals surface area contributed by atoms with Crippen molar-refractivity contribution in [2.75, 3.05) is 12.0 Å². The highest BCUT2D eigenvalue weighted by molar-refractivity contribution is 6.30. The average Bonchev–Trinajstić information content (AvgIpc) is 3.22. The topological polar surface area (TPSA) is 98.5 Å². The van der Waals surface area contributed by atoms with Gasteiger partial charge in [0, 0.05) is 22.8 Å². The first kappa shape index (κ1) is 19.7. The second-order valence-corrected chi connectivity index (χ2v) is 7.05. The summed E-state index contributed by atoms with van der Waals surface area (Å²) in [6.45, 7) is 0.0240. The molecule has 0 unspecified atom stereocenters. The van der Waals surface area contributed by atoms with E-state index in [9.17, 15) is 14.4 Å². The van der Waals surface area contributed by atoms with Crippen molar-refractivity contribution >= 4 is 29.2 Å². The number of aromatic nitrogens is 3. The largest absolute Gasteiger partial charge is 0.496 e. The predicted molar refractivity (Wildman–Crippen MR) is 110 cm³/mol. The van der Waals surface area contributed by atoms with Crippen LogP contribution in [0.2, 0.25) is 5.02 Å². The number of carbonyl (C=O) groups is 2. The zero-order valence-corrected chi connectivity index (χ0v) is 16.8. The van der Waals surface area contributed by atoms with Crippen LogP contribution in [0.15, 0.2) is 53.3 Å². The highest BCUT2D eigenvalue weighted by Crippen LogP contribution is 2.24. The lowest BCUT2D eigenvalue weighted by molar-refractivity contribution is -0.122. The summed E-state index contributed by atoms with van der Waals surface area (Å²) >= 11 is 5.90. The van der Waals surface area contributed by atoms with Gasteiger partial charge in [-0.1, -0.05) is 29.8 Å². The number of methoxy groups -OCH3 is 1. The van der Waals surface area contributed by atoms with E-state index in [0.717, 1.165) is 14.9 Å². The number of nitrogens with zero attached hydrogens (tertiary/aromatic N) is 4. The van der Waals surface area contributed by atoms with E-state index < -0.39 is 17.6 Å². The first-order chi connectivity index (χ1) is 14.5. The number of rotatable bonds is 6. The molecule has 0 bridgehead atoms. The Morgan fingerprint density at radius 2 is 1.90 bits per heavy atom. The van der Waals surface area contributed by atoms with Crippen LogP contribution in [0, 0.1) is 0 Å². The van der Waals surface area contributed by atoms with E-state index in [-0.39, 0.29) is 25.5 Å². The highest BCUT2D eigenvalue weighted by Gasteiger charge is 2.33. The summed E-state index contributed by atoms with van der Waals surface area (Å²) in [4.78, 5) is 42.9. The highest BCUT2D eigenvalue weighted by atomic mass is 35.5. The van der Waals surface area contributed by atoms with Crippen molar-refractivity contribution < 1.29 is 14.3 Å². The molecule has 0 radical (unpaired) electrons. The van der Waals surface area contributed by atoms with Crippen LogP contribution in [0.1, 0.15) is 11.4 Å². The normalized spacial score (nSPS) is 12.7. The molecule has 0 spiro atoms. The minimum Gasteiger partial charge on any atom is -0.496 e. The SMILES string of the molecule is COc1ccccc1CNC(=O)Cn1c(=O)nc2n1C(=O)N(c1ccc(Cl)cc1)C2. The number of ether oxygens (including phenoxy) is 1. The number of para-hydroxylation sites is 1. The monoisotopic (exact) mass is 427 g/mol. The number of carbonyl (C=O) groups excluding carboxylic acids is 2. The Morgan fingerprint density at radius 3 is 2.63 bits per heavy atom. The van der Waals surface area contributed by atoms with Gasteiger partial charge in [0.25, 0.3) is 0 Å². The van der Waals surface area contributed by atoms with Gasteiger partial charge in [-0.05, 0) is 30.3 Å². The fraction of sp³-hybridized carbons (Fsp3) is 0.200. The van der Waals surface area contributed by atoms with Crippen molar-refractivity contribution in [2.24, 2.45) is 0 Å². The maximum atomic E-state index is 12.9. The summed E-state index contributed by atoms with van der Waals surface area (Å²) in [5.74, 6) is 0.495. The number of fused-ring (bicyclic) bond motifs is 1. The molecule has 2 heterocycles. The molecule has 3 aromatic rings. The molecule has 0 atom stereocenters. The fourth-order valence-electron chi connectivity index (χ4n) is 3.28. The minimum absolute atomic E-state index is 0.130. The van der Waals surface area contributed by atoms with Crippen molar-refractivity contribution in [3.8, 4) is 5.75 Å². The van der Waals surface area contributed by atoms with E-state index in [2.05, 4.69) is 10.3 Å². The standard InChI is InChI=1S/C20H18ClN5O4/c1-30-16-5-3-2-4-13(16)10-22-18(27)12-25-19(28)23-17-11-24(20(29)26(17)25)15-8-6-14(21)7-9-15/h2-9H,10-12H2,1H3,(H,22,27). The summed E-state index contributed by atoms with van der Waals surface area (Å²) in [6.07, 6.45) is 0. The maximum absolute atomic E-state index is 12.9. The Morgan fingerprint density at radius 1 is 1.17 bits per heavy atom. The predicted octanol–water partition coefficient (Wildman–Crippen LogP) is 2.01. The third-order valence-corrected chi connectivity index (χ3v) is 5.00. The molecule has 0 fully saturated rings. The number of hydrogen-bond acceptors (Lipinski definition) is 5. The quantitative estimate of drug-likeness (QED) is 0.648. The molecule has 2 amide bonds. The van der Waals surface area contributed by atoms with E-state index in [1.165, 1.54) is 4.90 Å². The molecule has 1 aromatic heterocycles. The van der Waals surface area contributed by atoms with Crippen LogP contribution >= 0.6 is 11.6 Å². The third kappa shape index (κ3) is 3.67. The van der Waals surface area contributed by atoms with Crippen LogP contribution in [0.5, 0.6) is 5.75 Å². The molecule has 10 heteroatoms. The van der Waals surface area contributed by atoms with Crippen molar-refractivity contribution in [2.45, 2.75) is 19.6 Å².